The first kappa shape index (κ1) is 45.5. The average molecular weight is 884 g/mol. The monoisotopic (exact) mass is 883 g/mol. The van der Waals surface area contributed by atoms with Crippen LogP contribution < -0.4 is 16.0 Å². The first-order valence-corrected chi connectivity index (χ1v) is 23.5. The fraction of sp³-hybridized carbons (Fsp3) is 0.481. The third-order valence-electron chi connectivity index (χ3n) is 14.3. The summed E-state index contributed by atoms with van der Waals surface area (Å²) in [6.45, 7) is 12.7. The molecule has 0 radical (unpaired) electrons. The van der Waals surface area contributed by atoms with Gasteiger partial charge in [0.15, 0.2) is 5.88 Å². The highest BCUT2D eigenvalue weighted by atomic mass is 16.5. The van der Waals surface area contributed by atoms with E-state index >= 15 is 0 Å². The molecule has 0 unspecified atom stereocenters. The van der Waals surface area contributed by atoms with Crippen LogP contribution in [0, 0.1) is 17.3 Å². The number of fused-ring (bicyclic) bond motifs is 1. The molecular weight excluding hydrogens is 819 g/mol. The first-order chi connectivity index (χ1) is 31.3. The molecular formula is C52H65N7O6. The summed E-state index contributed by atoms with van der Waals surface area (Å²) in [6.07, 6.45) is 11.3. The second-order valence-electron chi connectivity index (χ2n) is 19.2. The number of amides is 4. The molecule has 4 aliphatic rings. The Morgan fingerprint density at radius 3 is 2.03 bits per heavy atom. The van der Waals surface area contributed by atoms with Crippen molar-refractivity contribution >= 4 is 29.5 Å². The number of carbonyl (C=O) groups is 4. The van der Waals surface area contributed by atoms with Crippen molar-refractivity contribution < 1.29 is 28.7 Å². The van der Waals surface area contributed by atoms with Crippen LogP contribution in [0.2, 0.25) is 0 Å². The minimum atomic E-state index is -0.690. The molecule has 65 heavy (non-hydrogen) atoms. The van der Waals surface area contributed by atoms with E-state index in [2.05, 4.69) is 76.0 Å². The molecule has 1 aromatic heterocycles. The Bertz CT molecular complexity index is 2420. The summed E-state index contributed by atoms with van der Waals surface area (Å²) in [6, 6.07) is 19.3. The SMILES string of the molecule is C=C(N[C@H](C(=O)N1CCC[C@H]1C(=O)Nc1cccc(-c2ccc(-c3ccc(-c4cnc([C@@H]5CCCN5C(=O)[C@@H](NC(=O)OC)C(C)C)[nH]4)cc3)c3c2CC2(CCCC2)C3)c1)C(C)C)OC. The Morgan fingerprint density at radius 2 is 1.37 bits per heavy atom. The van der Waals surface area contributed by atoms with Crippen molar-refractivity contribution in [2.24, 2.45) is 17.3 Å². The predicted molar refractivity (Wildman–Crippen MR) is 252 cm³/mol. The molecule has 4 amide bonds. The Balaban J connectivity index is 1.01. The Labute approximate surface area is 383 Å². The number of benzene rings is 3. The molecule has 2 aliphatic carbocycles. The second kappa shape index (κ2) is 19.2. The van der Waals surface area contributed by atoms with Crippen LogP contribution in [-0.4, -0.2) is 89.0 Å². The van der Waals surface area contributed by atoms with E-state index in [1.165, 1.54) is 62.2 Å². The van der Waals surface area contributed by atoms with Gasteiger partial charge in [0.1, 0.15) is 23.9 Å². The van der Waals surface area contributed by atoms with Gasteiger partial charge in [0, 0.05) is 18.8 Å². The minimum Gasteiger partial charge on any atom is -0.483 e. The fourth-order valence-corrected chi connectivity index (χ4v) is 10.8. The van der Waals surface area contributed by atoms with Crippen molar-refractivity contribution in [2.75, 3.05) is 32.6 Å². The number of imidazole rings is 1. The number of methoxy groups -OCH3 is 2. The highest BCUT2D eigenvalue weighted by Crippen LogP contribution is 2.53. The van der Waals surface area contributed by atoms with E-state index in [0.717, 1.165) is 60.3 Å². The summed E-state index contributed by atoms with van der Waals surface area (Å²) >= 11 is 0. The maximum atomic E-state index is 13.9. The van der Waals surface area contributed by atoms with Crippen LogP contribution in [0.25, 0.3) is 33.5 Å². The third-order valence-corrected chi connectivity index (χ3v) is 14.3. The zero-order valence-electron chi connectivity index (χ0n) is 38.8. The summed E-state index contributed by atoms with van der Waals surface area (Å²) < 4.78 is 10.0. The topological polar surface area (TPSA) is 158 Å². The second-order valence-corrected chi connectivity index (χ2v) is 19.2. The van der Waals surface area contributed by atoms with Gasteiger partial charge in [-0.1, -0.05) is 89.1 Å². The van der Waals surface area contributed by atoms with Gasteiger partial charge in [-0.05, 0) is 126 Å². The highest BCUT2D eigenvalue weighted by molar-refractivity contribution is 5.99. The van der Waals surface area contributed by atoms with Crippen LogP contribution in [0.15, 0.2) is 79.3 Å². The Kier molecular flexibility index (Phi) is 13.4. The van der Waals surface area contributed by atoms with E-state index in [-0.39, 0.29) is 41.0 Å². The van der Waals surface area contributed by atoms with E-state index in [4.69, 9.17) is 14.5 Å². The molecule has 4 atom stereocenters. The summed E-state index contributed by atoms with van der Waals surface area (Å²) in [5.41, 5.74) is 10.4. The molecule has 0 bridgehead atoms. The molecule has 2 saturated heterocycles. The normalized spacial score (nSPS) is 19.6. The molecule has 4 aromatic rings. The molecule has 3 heterocycles. The molecule has 1 saturated carbocycles. The number of hydrogen-bond donors (Lipinski definition) is 4. The van der Waals surface area contributed by atoms with Gasteiger partial charge in [0.25, 0.3) is 0 Å². The molecule has 1 spiro atoms. The lowest BCUT2D eigenvalue weighted by molar-refractivity contribution is -0.139. The molecule has 13 heteroatoms. The van der Waals surface area contributed by atoms with Gasteiger partial charge in [-0.2, -0.15) is 0 Å². The number of aromatic amines is 1. The molecule has 3 fully saturated rings. The number of anilines is 1. The number of H-pyrrole nitrogens is 1. The van der Waals surface area contributed by atoms with Crippen LogP contribution in [0.4, 0.5) is 10.5 Å². The quantitative estimate of drug-likeness (QED) is 0.0916. The van der Waals surface area contributed by atoms with Crippen molar-refractivity contribution in [2.45, 2.75) is 116 Å². The standard InChI is InChI=1S/C52H65N7O6/c1-31(2)45(54-33(5)64-6)49(61)59-26-12-16-44(59)48(60)55-37-14-10-13-36(27-37)39-22-21-38(40-28-52(29-41(39)40)23-8-9-24-52)34-17-19-35(20-18-34)42-30-53-47(56-42)43-15-11-25-58(43)50(62)46(32(3)4)57-51(63)65-7/h10,13-14,17-22,27,30-32,43-46,54H,5,8-9,11-12,15-16,23-26,28-29H2,1-4,6-7H3,(H,53,56)(H,55,60)(H,57,63)/t43-,44-,45-,46-/m0/s1. The van der Waals surface area contributed by atoms with Crippen LogP contribution in [0.3, 0.4) is 0 Å². The number of hydrogen-bond acceptors (Lipinski definition) is 8. The molecule has 4 N–H and O–H groups in total. The number of ether oxygens (including phenoxy) is 2. The van der Waals surface area contributed by atoms with Gasteiger partial charge < -0.3 is 40.2 Å². The number of nitrogens with one attached hydrogen (secondary N) is 4. The van der Waals surface area contributed by atoms with Crippen molar-refractivity contribution in [1.82, 2.24) is 30.4 Å². The number of nitrogens with zero attached hydrogens (tertiary/aromatic N) is 3. The summed E-state index contributed by atoms with van der Waals surface area (Å²) in [5.74, 6) is 0.491. The third kappa shape index (κ3) is 9.37. The fourth-order valence-electron chi connectivity index (χ4n) is 10.8. The number of alkyl carbamates (subject to hydrolysis) is 1. The number of aromatic nitrogens is 2. The summed E-state index contributed by atoms with van der Waals surface area (Å²) in [5, 5.41) is 9.00. The molecule has 8 rings (SSSR count). The predicted octanol–water partition coefficient (Wildman–Crippen LogP) is 8.78. The van der Waals surface area contributed by atoms with Crippen LogP contribution >= 0.6 is 0 Å². The Morgan fingerprint density at radius 1 is 0.754 bits per heavy atom. The smallest absolute Gasteiger partial charge is 0.407 e. The van der Waals surface area contributed by atoms with Gasteiger partial charge in [0.2, 0.25) is 17.7 Å². The minimum absolute atomic E-state index is 0.0275. The van der Waals surface area contributed by atoms with Crippen LogP contribution in [0.1, 0.15) is 102 Å². The lowest BCUT2D eigenvalue weighted by Crippen LogP contribution is -2.53. The molecule has 2 aliphatic heterocycles. The van der Waals surface area contributed by atoms with E-state index < -0.39 is 24.2 Å². The first-order valence-electron chi connectivity index (χ1n) is 23.5. The van der Waals surface area contributed by atoms with Gasteiger partial charge in [-0.15, -0.1) is 0 Å². The largest absolute Gasteiger partial charge is 0.483 e. The number of likely N-dealkylation sites (tertiary alicyclic amines) is 2. The van der Waals surface area contributed by atoms with Crippen molar-refractivity contribution in [3.8, 4) is 33.5 Å². The molecule has 13 nitrogen and oxygen atoms in total. The molecule has 3 aromatic carbocycles. The highest BCUT2D eigenvalue weighted by Gasteiger charge is 2.43. The van der Waals surface area contributed by atoms with E-state index in [1.807, 2.05) is 50.9 Å². The van der Waals surface area contributed by atoms with E-state index in [0.29, 0.717) is 31.1 Å². The van der Waals surface area contributed by atoms with Gasteiger partial charge in [0.05, 0.1) is 32.2 Å². The van der Waals surface area contributed by atoms with Crippen LogP contribution in [-0.2, 0) is 36.7 Å². The lowest BCUT2D eigenvalue weighted by Gasteiger charge is -2.31. The zero-order valence-corrected chi connectivity index (χ0v) is 38.8. The van der Waals surface area contributed by atoms with Gasteiger partial charge >= 0.3 is 6.09 Å². The van der Waals surface area contributed by atoms with E-state index in [9.17, 15) is 19.2 Å². The maximum absolute atomic E-state index is 13.9. The van der Waals surface area contributed by atoms with Crippen molar-refractivity contribution in [1.29, 1.82) is 0 Å². The van der Waals surface area contributed by atoms with E-state index in [1.54, 1.807) is 4.90 Å². The average Bonchev–Trinajstić information content (AvgIpc) is 4.17. The maximum Gasteiger partial charge on any atom is 0.407 e. The Hall–Kier alpha value is -6.11. The summed E-state index contributed by atoms with van der Waals surface area (Å²) in [7, 11) is 2.82. The van der Waals surface area contributed by atoms with Crippen LogP contribution in [0.5, 0.6) is 0 Å². The van der Waals surface area contributed by atoms with Crippen molar-refractivity contribution in [3.63, 3.8) is 0 Å². The lowest BCUT2D eigenvalue weighted by atomic mass is 9.82. The molecule has 344 valence electrons. The summed E-state index contributed by atoms with van der Waals surface area (Å²) in [4.78, 5) is 65.3. The number of rotatable bonds is 14. The number of carbonyl (C=O) groups excluding carboxylic acids is 4. The van der Waals surface area contributed by atoms with Gasteiger partial charge in [-0.25, -0.2) is 9.78 Å². The van der Waals surface area contributed by atoms with Gasteiger partial charge in [-0.3, -0.25) is 14.4 Å². The van der Waals surface area contributed by atoms with Crippen molar-refractivity contribution in [3.05, 3.63) is 96.3 Å². The zero-order chi connectivity index (χ0) is 46.0.